The summed E-state index contributed by atoms with van der Waals surface area (Å²) in [4.78, 5) is 22.2. The van der Waals surface area contributed by atoms with Crippen molar-refractivity contribution in [1.82, 2.24) is 4.31 Å². The van der Waals surface area contributed by atoms with Gasteiger partial charge in [0, 0.05) is 6.54 Å². The largest absolute Gasteiger partial charge is 0.480 e. The molecular weight excluding hydrogens is 274 g/mol. The Labute approximate surface area is 112 Å². The van der Waals surface area contributed by atoms with Gasteiger partial charge in [-0.1, -0.05) is 0 Å². The number of ether oxygens (including phenoxy) is 1. The van der Waals surface area contributed by atoms with E-state index in [2.05, 4.69) is 4.74 Å². The zero-order chi connectivity index (χ0) is 14.5. The molecular formula is C11H19NO6S. The molecule has 0 radical (unpaired) electrons. The second-order valence-electron chi connectivity index (χ2n) is 4.33. The predicted molar refractivity (Wildman–Crippen MR) is 67.0 cm³/mol. The molecule has 19 heavy (non-hydrogen) atoms. The molecule has 1 fully saturated rings. The van der Waals surface area contributed by atoms with Crippen molar-refractivity contribution in [1.29, 1.82) is 0 Å². The number of sulfonamides is 1. The Kier molecular flexibility index (Phi) is 5.74. The van der Waals surface area contributed by atoms with E-state index in [1.807, 2.05) is 0 Å². The minimum Gasteiger partial charge on any atom is -0.480 e. The van der Waals surface area contributed by atoms with E-state index in [-0.39, 0.29) is 19.6 Å². The Balaban J connectivity index is 2.69. The molecule has 1 aliphatic heterocycles. The molecule has 0 aromatic heterocycles. The number of carbonyl (C=O) groups is 2. The Morgan fingerprint density at radius 2 is 2.05 bits per heavy atom. The second-order valence-corrected chi connectivity index (χ2v) is 6.37. The number of carboxylic acids is 1. The molecule has 0 amide bonds. The van der Waals surface area contributed by atoms with Crippen LogP contribution in [0.2, 0.25) is 0 Å². The average Bonchev–Trinajstić information content (AvgIpc) is 2.37. The summed E-state index contributed by atoms with van der Waals surface area (Å²) in [6.07, 6.45) is 1.40. The lowest BCUT2D eigenvalue weighted by atomic mass is 10.1. The van der Waals surface area contributed by atoms with E-state index in [4.69, 9.17) is 5.11 Å². The molecule has 1 N–H and O–H groups in total. The number of esters is 1. The van der Waals surface area contributed by atoms with Crippen LogP contribution in [-0.2, 0) is 24.3 Å². The van der Waals surface area contributed by atoms with Crippen LogP contribution in [0.4, 0.5) is 0 Å². The lowest BCUT2D eigenvalue weighted by Crippen LogP contribution is -2.48. The van der Waals surface area contributed by atoms with Gasteiger partial charge in [0.1, 0.15) is 6.04 Å². The zero-order valence-corrected chi connectivity index (χ0v) is 11.7. The minimum atomic E-state index is -3.74. The molecule has 1 rings (SSSR count). The molecule has 0 aromatic rings. The summed E-state index contributed by atoms with van der Waals surface area (Å²) in [5, 5.41) is 9.04. The van der Waals surface area contributed by atoms with E-state index in [1.165, 1.54) is 0 Å². The summed E-state index contributed by atoms with van der Waals surface area (Å²) < 4.78 is 29.8. The van der Waals surface area contributed by atoms with Gasteiger partial charge in [-0.15, -0.1) is 0 Å². The Bertz CT molecular complexity index is 432. The van der Waals surface area contributed by atoms with E-state index >= 15 is 0 Å². The van der Waals surface area contributed by atoms with Crippen LogP contribution >= 0.6 is 0 Å². The van der Waals surface area contributed by atoms with Gasteiger partial charge in [0.25, 0.3) is 0 Å². The number of nitrogens with zero attached hydrogens (tertiary/aromatic N) is 1. The summed E-state index contributed by atoms with van der Waals surface area (Å²) in [5.74, 6) is -2.13. The third kappa shape index (κ3) is 4.46. The third-order valence-corrected chi connectivity index (χ3v) is 4.84. The first-order chi connectivity index (χ1) is 8.88. The maximum atomic E-state index is 12.1. The first-order valence-electron chi connectivity index (χ1n) is 6.26. The maximum Gasteiger partial charge on any atom is 0.322 e. The van der Waals surface area contributed by atoms with Crippen LogP contribution in [-0.4, -0.2) is 54.7 Å². The number of piperidine rings is 1. The van der Waals surface area contributed by atoms with E-state index in [0.29, 0.717) is 19.3 Å². The van der Waals surface area contributed by atoms with Crippen molar-refractivity contribution in [2.45, 2.75) is 38.6 Å². The summed E-state index contributed by atoms with van der Waals surface area (Å²) in [7, 11) is -3.74. The van der Waals surface area contributed by atoms with Gasteiger partial charge >= 0.3 is 11.9 Å². The number of hydrogen-bond donors (Lipinski definition) is 1. The molecule has 0 bridgehead atoms. The minimum absolute atomic E-state index is 0.195. The van der Waals surface area contributed by atoms with Gasteiger partial charge in [-0.05, 0) is 26.2 Å². The van der Waals surface area contributed by atoms with E-state index in [9.17, 15) is 18.0 Å². The van der Waals surface area contributed by atoms with Gasteiger partial charge in [-0.3, -0.25) is 9.59 Å². The van der Waals surface area contributed by atoms with Crippen LogP contribution in [0, 0.1) is 0 Å². The fourth-order valence-corrected chi connectivity index (χ4v) is 3.70. The van der Waals surface area contributed by atoms with E-state index < -0.39 is 33.8 Å². The van der Waals surface area contributed by atoms with Crippen molar-refractivity contribution < 1.29 is 27.9 Å². The summed E-state index contributed by atoms with van der Waals surface area (Å²) in [5.41, 5.74) is 0. The SMILES string of the molecule is CCOC(=O)CCS(=O)(=O)N1CCCC[C@H]1C(=O)O. The highest BCUT2D eigenvalue weighted by Crippen LogP contribution is 2.21. The molecule has 7 nitrogen and oxygen atoms in total. The lowest BCUT2D eigenvalue weighted by molar-refractivity contribution is -0.143. The van der Waals surface area contributed by atoms with Crippen LogP contribution < -0.4 is 0 Å². The highest BCUT2D eigenvalue weighted by atomic mass is 32.2. The normalized spacial score (nSPS) is 21.0. The van der Waals surface area contributed by atoms with Gasteiger partial charge in [-0.25, -0.2) is 8.42 Å². The van der Waals surface area contributed by atoms with Gasteiger partial charge in [0.05, 0.1) is 18.8 Å². The van der Waals surface area contributed by atoms with Gasteiger partial charge in [0.2, 0.25) is 10.0 Å². The zero-order valence-electron chi connectivity index (χ0n) is 10.9. The maximum absolute atomic E-state index is 12.1. The molecule has 1 saturated heterocycles. The number of aliphatic carboxylic acids is 1. The monoisotopic (exact) mass is 293 g/mol. The van der Waals surface area contributed by atoms with Crippen LogP contribution in [0.25, 0.3) is 0 Å². The number of hydrogen-bond acceptors (Lipinski definition) is 5. The molecule has 110 valence electrons. The van der Waals surface area contributed by atoms with Gasteiger partial charge in [-0.2, -0.15) is 4.31 Å². The quantitative estimate of drug-likeness (QED) is 0.702. The van der Waals surface area contributed by atoms with Crippen molar-refractivity contribution in [3.05, 3.63) is 0 Å². The first kappa shape index (κ1) is 15.9. The topological polar surface area (TPSA) is 101 Å². The molecule has 1 aliphatic rings. The van der Waals surface area contributed by atoms with Crippen LogP contribution in [0.1, 0.15) is 32.6 Å². The van der Waals surface area contributed by atoms with Crippen molar-refractivity contribution in [3.8, 4) is 0 Å². The Hall–Kier alpha value is -1.15. The number of carbonyl (C=O) groups excluding carboxylic acids is 1. The summed E-state index contributed by atoms with van der Waals surface area (Å²) >= 11 is 0. The van der Waals surface area contributed by atoms with E-state index in [0.717, 1.165) is 4.31 Å². The first-order valence-corrected chi connectivity index (χ1v) is 7.87. The summed E-state index contributed by atoms with van der Waals surface area (Å²) in [6, 6.07) is -1.01. The standard InChI is InChI=1S/C11H19NO6S/c1-2-18-10(13)6-8-19(16,17)12-7-4-3-5-9(12)11(14)15/h9H,2-8H2,1H3,(H,14,15)/t9-/m0/s1. The molecule has 8 heteroatoms. The number of carboxylic acid groups (broad SMARTS) is 1. The van der Waals surface area contributed by atoms with Crippen molar-refractivity contribution in [2.75, 3.05) is 18.9 Å². The fraction of sp³-hybridized carbons (Fsp3) is 0.818. The van der Waals surface area contributed by atoms with E-state index in [1.54, 1.807) is 6.92 Å². The molecule has 1 heterocycles. The molecule has 0 spiro atoms. The molecule has 1 atom stereocenters. The second kappa shape index (κ2) is 6.85. The van der Waals surface area contributed by atoms with Crippen LogP contribution in [0.5, 0.6) is 0 Å². The van der Waals surface area contributed by atoms with Gasteiger partial charge < -0.3 is 9.84 Å². The lowest BCUT2D eigenvalue weighted by Gasteiger charge is -2.31. The third-order valence-electron chi connectivity index (χ3n) is 2.97. The van der Waals surface area contributed by atoms with Crippen LogP contribution in [0.15, 0.2) is 0 Å². The average molecular weight is 293 g/mol. The Morgan fingerprint density at radius 1 is 1.37 bits per heavy atom. The van der Waals surface area contributed by atoms with Crippen LogP contribution in [0.3, 0.4) is 0 Å². The molecule has 0 saturated carbocycles. The predicted octanol–water partition coefficient (Wildman–Crippen LogP) is 0.208. The highest BCUT2D eigenvalue weighted by Gasteiger charge is 2.36. The smallest absolute Gasteiger partial charge is 0.322 e. The van der Waals surface area contributed by atoms with Crippen molar-refractivity contribution in [3.63, 3.8) is 0 Å². The van der Waals surface area contributed by atoms with Crippen molar-refractivity contribution in [2.24, 2.45) is 0 Å². The Morgan fingerprint density at radius 3 is 2.63 bits per heavy atom. The van der Waals surface area contributed by atoms with Crippen molar-refractivity contribution >= 4 is 22.0 Å². The number of rotatable bonds is 6. The highest BCUT2D eigenvalue weighted by molar-refractivity contribution is 7.89. The molecule has 0 aromatic carbocycles. The molecule has 0 unspecified atom stereocenters. The van der Waals surface area contributed by atoms with Gasteiger partial charge in [0.15, 0.2) is 0 Å². The molecule has 0 aliphatic carbocycles. The fourth-order valence-electron chi connectivity index (χ4n) is 2.05. The summed E-state index contributed by atoms with van der Waals surface area (Å²) in [6.45, 7) is 2.03.